The van der Waals surface area contributed by atoms with Gasteiger partial charge in [-0.15, -0.1) is 0 Å². The van der Waals surface area contributed by atoms with Crippen LogP contribution < -0.4 is 5.32 Å². The Morgan fingerprint density at radius 3 is 2.36 bits per heavy atom. The molecule has 2 aromatic heterocycles. The summed E-state index contributed by atoms with van der Waals surface area (Å²) in [5.74, 6) is -0.282. The highest BCUT2D eigenvalue weighted by molar-refractivity contribution is 6.06. The van der Waals surface area contributed by atoms with E-state index in [0.29, 0.717) is 30.0 Å². The highest BCUT2D eigenvalue weighted by atomic mass is 16.2. The largest absolute Gasteiger partial charge is 0.337 e. The summed E-state index contributed by atoms with van der Waals surface area (Å²) in [7, 11) is 0. The van der Waals surface area contributed by atoms with Gasteiger partial charge in [0, 0.05) is 25.0 Å². The first-order valence-electron chi connectivity index (χ1n) is 9.69. The molecule has 0 bridgehead atoms. The second-order valence-electron chi connectivity index (χ2n) is 6.85. The summed E-state index contributed by atoms with van der Waals surface area (Å²) in [6.45, 7) is 7.42. The number of benzene rings is 1. The van der Waals surface area contributed by atoms with E-state index in [9.17, 15) is 9.59 Å². The molecule has 0 unspecified atom stereocenters. The molecule has 2 amide bonds. The smallest absolute Gasteiger partial charge is 0.292 e. The van der Waals surface area contributed by atoms with Gasteiger partial charge in [0.1, 0.15) is 0 Å². The molecular formula is C22H26N4O2. The minimum absolute atomic E-state index is 0.137. The van der Waals surface area contributed by atoms with E-state index in [1.54, 1.807) is 15.5 Å². The zero-order valence-corrected chi connectivity index (χ0v) is 16.6. The molecule has 0 saturated carbocycles. The lowest BCUT2D eigenvalue weighted by atomic mass is 10.2. The van der Waals surface area contributed by atoms with Crippen molar-refractivity contribution < 1.29 is 9.59 Å². The summed E-state index contributed by atoms with van der Waals surface area (Å²) in [6.07, 6.45) is 3.50. The van der Waals surface area contributed by atoms with Crippen molar-refractivity contribution in [2.24, 2.45) is 0 Å². The van der Waals surface area contributed by atoms with Gasteiger partial charge in [0.05, 0.1) is 5.52 Å². The van der Waals surface area contributed by atoms with Gasteiger partial charge < -0.3 is 10.2 Å². The third kappa shape index (κ3) is 4.06. The summed E-state index contributed by atoms with van der Waals surface area (Å²) < 4.78 is 1.67. The summed E-state index contributed by atoms with van der Waals surface area (Å²) in [5.41, 5.74) is 2.76. The molecule has 3 aromatic rings. The van der Waals surface area contributed by atoms with E-state index >= 15 is 0 Å². The highest BCUT2D eigenvalue weighted by Gasteiger charge is 2.24. The predicted octanol–water partition coefficient (Wildman–Crippen LogP) is 4.16. The number of pyridine rings is 1. The number of anilines is 1. The number of hydrogen-bond donors (Lipinski definition) is 1. The fourth-order valence-corrected chi connectivity index (χ4v) is 3.18. The van der Waals surface area contributed by atoms with E-state index in [2.05, 4.69) is 10.3 Å². The summed E-state index contributed by atoms with van der Waals surface area (Å²) in [5, 5.41) is 2.86. The molecule has 3 rings (SSSR count). The molecule has 0 fully saturated rings. The van der Waals surface area contributed by atoms with Gasteiger partial charge in [0.25, 0.3) is 11.8 Å². The number of hydrogen-bond acceptors (Lipinski definition) is 3. The molecule has 1 aromatic carbocycles. The molecule has 0 aliphatic heterocycles. The third-order valence-electron chi connectivity index (χ3n) is 4.54. The lowest BCUT2D eigenvalue weighted by Gasteiger charge is -2.20. The fourth-order valence-electron chi connectivity index (χ4n) is 3.18. The molecule has 0 aliphatic carbocycles. The van der Waals surface area contributed by atoms with Crippen molar-refractivity contribution >= 4 is 23.0 Å². The van der Waals surface area contributed by atoms with Crippen molar-refractivity contribution in [1.29, 1.82) is 0 Å². The van der Waals surface area contributed by atoms with Crippen molar-refractivity contribution in [3.63, 3.8) is 0 Å². The number of carbonyl (C=O) groups excluding carboxylic acids is 2. The lowest BCUT2D eigenvalue weighted by molar-refractivity contribution is 0.0752. The van der Waals surface area contributed by atoms with E-state index in [4.69, 9.17) is 0 Å². The highest BCUT2D eigenvalue weighted by Crippen LogP contribution is 2.18. The first-order chi connectivity index (χ1) is 13.5. The number of nitrogens with zero attached hydrogens (tertiary/aromatic N) is 3. The van der Waals surface area contributed by atoms with E-state index in [1.165, 1.54) is 0 Å². The maximum Gasteiger partial charge on any atom is 0.292 e. The Labute approximate surface area is 165 Å². The number of aryl methyl sites for hydroxylation is 1. The first kappa shape index (κ1) is 19.6. The van der Waals surface area contributed by atoms with Crippen LogP contribution in [-0.4, -0.2) is 39.2 Å². The predicted molar refractivity (Wildman–Crippen MR) is 111 cm³/mol. The molecule has 0 saturated heterocycles. The Morgan fingerprint density at radius 2 is 1.71 bits per heavy atom. The minimum Gasteiger partial charge on any atom is -0.337 e. The van der Waals surface area contributed by atoms with E-state index in [1.807, 2.05) is 63.2 Å². The molecule has 2 heterocycles. The monoisotopic (exact) mass is 378 g/mol. The van der Waals surface area contributed by atoms with Gasteiger partial charge in [-0.3, -0.25) is 14.0 Å². The number of fused-ring (bicyclic) bond motifs is 1. The molecule has 28 heavy (non-hydrogen) atoms. The molecule has 146 valence electrons. The van der Waals surface area contributed by atoms with E-state index < -0.39 is 0 Å². The Kier molecular flexibility index (Phi) is 6.09. The van der Waals surface area contributed by atoms with Crippen molar-refractivity contribution in [1.82, 2.24) is 14.3 Å². The van der Waals surface area contributed by atoms with Gasteiger partial charge in [-0.1, -0.05) is 37.6 Å². The Balaban J connectivity index is 1.96. The normalized spacial score (nSPS) is 10.8. The fraction of sp³-hybridized carbons (Fsp3) is 0.318. The number of nitrogens with one attached hydrogen (secondary N) is 1. The Hall–Kier alpha value is -3.15. The second kappa shape index (κ2) is 8.69. The zero-order valence-electron chi connectivity index (χ0n) is 16.6. The third-order valence-corrected chi connectivity index (χ3v) is 4.54. The van der Waals surface area contributed by atoms with Gasteiger partial charge >= 0.3 is 0 Å². The van der Waals surface area contributed by atoms with Crippen molar-refractivity contribution in [3.8, 4) is 0 Å². The van der Waals surface area contributed by atoms with Crippen LogP contribution in [0.5, 0.6) is 0 Å². The van der Waals surface area contributed by atoms with Gasteiger partial charge in [0.15, 0.2) is 5.69 Å². The van der Waals surface area contributed by atoms with Crippen molar-refractivity contribution in [3.05, 3.63) is 65.7 Å². The standard InChI is InChI=1S/C22H26N4O2/c1-4-13-25(14-5-2)22(28)19-18-8-6-7-15-26(18)20(24-19)21(27)23-17-11-9-16(3)10-12-17/h6-12,15H,4-5,13-14H2,1-3H3,(H,23,27). The summed E-state index contributed by atoms with van der Waals surface area (Å²) in [6, 6.07) is 13.0. The first-order valence-corrected chi connectivity index (χ1v) is 9.69. The van der Waals surface area contributed by atoms with Crippen LogP contribution in [0.15, 0.2) is 48.7 Å². The molecule has 6 nitrogen and oxygen atoms in total. The van der Waals surface area contributed by atoms with Gasteiger partial charge in [-0.05, 0) is 44.0 Å². The summed E-state index contributed by atoms with van der Waals surface area (Å²) >= 11 is 0. The number of aromatic nitrogens is 2. The average Bonchev–Trinajstić information content (AvgIpc) is 3.09. The van der Waals surface area contributed by atoms with Crippen LogP contribution in [0.1, 0.15) is 53.4 Å². The molecule has 0 aliphatic rings. The maximum atomic E-state index is 13.1. The van der Waals surface area contributed by atoms with Gasteiger partial charge in [-0.25, -0.2) is 4.98 Å². The van der Waals surface area contributed by atoms with Crippen LogP contribution in [0.4, 0.5) is 5.69 Å². The molecule has 1 N–H and O–H groups in total. The number of amides is 2. The van der Waals surface area contributed by atoms with Crippen LogP contribution >= 0.6 is 0 Å². The van der Waals surface area contributed by atoms with Crippen LogP contribution in [0.25, 0.3) is 5.52 Å². The lowest BCUT2D eigenvalue weighted by Crippen LogP contribution is -2.33. The summed E-state index contributed by atoms with van der Waals surface area (Å²) in [4.78, 5) is 32.2. The Morgan fingerprint density at radius 1 is 1.04 bits per heavy atom. The number of carbonyl (C=O) groups is 2. The maximum absolute atomic E-state index is 13.1. The molecule has 0 atom stereocenters. The Bertz CT molecular complexity index is 970. The van der Waals surface area contributed by atoms with E-state index in [0.717, 1.165) is 18.4 Å². The van der Waals surface area contributed by atoms with Crippen LogP contribution in [0.2, 0.25) is 0 Å². The topological polar surface area (TPSA) is 66.7 Å². The van der Waals surface area contributed by atoms with Crippen molar-refractivity contribution in [2.45, 2.75) is 33.6 Å². The van der Waals surface area contributed by atoms with Gasteiger partial charge in [0.2, 0.25) is 5.82 Å². The molecule has 0 radical (unpaired) electrons. The van der Waals surface area contributed by atoms with Crippen molar-refractivity contribution in [2.75, 3.05) is 18.4 Å². The zero-order chi connectivity index (χ0) is 20.1. The average molecular weight is 378 g/mol. The van der Waals surface area contributed by atoms with Gasteiger partial charge in [-0.2, -0.15) is 0 Å². The second-order valence-corrected chi connectivity index (χ2v) is 6.85. The molecule has 0 spiro atoms. The minimum atomic E-state index is -0.346. The molecular weight excluding hydrogens is 352 g/mol. The number of rotatable bonds is 7. The van der Waals surface area contributed by atoms with Crippen LogP contribution in [-0.2, 0) is 0 Å². The quantitative estimate of drug-likeness (QED) is 0.671. The van der Waals surface area contributed by atoms with Crippen LogP contribution in [0, 0.1) is 6.92 Å². The molecule has 6 heteroatoms. The van der Waals surface area contributed by atoms with E-state index in [-0.39, 0.29) is 17.6 Å². The number of imidazole rings is 1. The van der Waals surface area contributed by atoms with Crippen LogP contribution in [0.3, 0.4) is 0 Å². The SMILES string of the molecule is CCCN(CCC)C(=O)c1nc(C(=O)Nc2ccc(C)cc2)n2ccccc12.